The highest BCUT2D eigenvalue weighted by atomic mass is 19.1. The highest BCUT2D eigenvalue weighted by molar-refractivity contribution is 5.95. The number of carbonyl (C=O) groups is 1. The molecule has 132 valence electrons. The summed E-state index contributed by atoms with van der Waals surface area (Å²) in [5.41, 5.74) is 2.71. The average Bonchev–Trinajstić information content (AvgIpc) is 2.68. The molecule has 5 nitrogen and oxygen atoms in total. The van der Waals surface area contributed by atoms with Crippen molar-refractivity contribution in [2.45, 2.75) is 0 Å². The lowest BCUT2D eigenvalue weighted by Crippen LogP contribution is -2.47. The molecule has 0 aliphatic carbocycles. The van der Waals surface area contributed by atoms with E-state index in [1.165, 1.54) is 12.1 Å². The van der Waals surface area contributed by atoms with Gasteiger partial charge in [0.05, 0.1) is 11.2 Å². The summed E-state index contributed by atoms with van der Waals surface area (Å²) in [7, 11) is 2.06. The number of likely N-dealkylation sites (N-methyl/N-ethyl adjacent to an activating group) is 1. The summed E-state index contributed by atoms with van der Waals surface area (Å²) < 4.78 is 13.3. The van der Waals surface area contributed by atoms with Gasteiger partial charge in [0.2, 0.25) is 0 Å². The van der Waals surface area contributed by atoms with Crippen LogP contribution < -0.4 is 0 Å². The van der Waals surface area contributed by atoms with Crippen molar-refractivity contribution >= 4 is 16.8 Å². The summed E-state index contributed by atoms with van der Waals surface area (Å²) in [6.07, 6.45) is 3.31. The van der Waals surface area contributed by atoms with E-state index in [-0.39, 0.29) is 11.7 Å². The van der Waals surface area contributed by atoms with E-state index in [9.17, 15) is 9.18 Å². The van der Waals surface area contributed by atoms with Crippen LogP contribution in [-0.4, -0.2) is 58.9 Å². The summed E-state index contributed by atoms with van der Waals surface area (Å²) in [4.78, 5) is 25.5. The van der Waals surface area contributed by atoms with Crippen LogP contribution in [0.2, 0.25) is 0 Å². The minimum Gasteiger partial charge on any atom is -0.336 e. The molecule has 0 saturated carbocycles. The number of rotatable bonds is 2. The van der Waals surface area contributed by atoms with Crippen LogP contribution in [0.25, 0.3) is 22.2 Å². The van der Waals surface area contributed by atoms with Gasteiger partial charge in [-0.25, -0.2) is 4.39 Å². The molecule has 0 unspecified atom stereocenters. The Morgan fingerprint density at radius 1 is 1.04 bits per heavy atom. The number of piperazine rings is 1. The molecule has 0 N–H and O–H groups in total. The quantitative estimate of drug-likeness (QED) is 0.713. The minimum atomic E-state index is -0.310. The number of pyridine rings is 2. The number of benzene rings is 1. The number of fused-ring (bicyclic) bond motifs is 1. The van der Waals surface area contributed by atoms with Gasteiger partial charge in [-0.05, 0) is 37.4 Å². The molecule has 0 atom stereocenters. The first-order valence-electron chi connectivity index (χ1n) is 8.60. The second-order valence-corrected chi connectivity index (χ2v) is 6.59. The van der Waals surface area contributed by atoms with E-state index < -0.39 is 0 Å². The van der Waals surface area contributed by atoms with Gasteiger partial charge in [-0.2, -0.15) is 0 Å². The van der Waals surface area contributed by atoms with Gasteiger partial charge in [0.25, 0.3) is 5.91 Å². The third kappa shape index (κ3) is 3.28. The van der Waals surface area contributed by atoms with Crippen molar-refractivity contribution in [1.29, 1.82) is 0 Å². The Labute approximate surface area is 151 Å². The molecule has 6 heteroatoms. The maximum Gasteiger partial charge on any atom is 0.254 e. The molecule has 26 heavy (non-hydrogen) atoms. The molecule has 1 saturated heterocycles. The van der Waals surface area contributed by atoms with Gasteiger partial charge < -0.3 is 9.80 Å². The summed E-state index contributed by atoms with van der Waals surface area (Å²) in [5.74, 6) is -0.284. The summed E-state index contributed by atoms with van der Waals surface area (Å²) >= 11 is 0. The van der Waals surface area contributed by atoms with Crippen LogP contribution in [0.4, 0.5) is 4.39 Å². The molecule has 0 radical (unpaired) electrons. The van der Waals surface area contributed by atoms with Crippen molar-refractivity contribution in [3.8, 4) is 11.3 Å². The molecule has 1 aliphatic rings. The Kier molecular flexibility index (Phi) is 4.34. The van der Waals surface area contributed by atoms with Gasteiger partial charge in [0.15, 0.2) is 0 Å². The van der Waals surface area contributed by atoms with Gasteiger partial charge in [-0.3, -0.25) is 14.8 Å². The molecule has 2 aromatic heterocycles. The topological polar surface area (TPSA) is 49.3 Å². The number of hydrogen-bond donors (Lipinski definition) is 0. The van der Waals surface area contributed by atoms with E-state index in [0.29, 0.717) is 16.8 Å². The monoisotopic (exact) mass is 350 g/mol. The SMILES string of the molecule is CN1CCN(C(=O)c2ccnc(-c3cnc4cc(F)ccc4c3)c2)CC1. The second-order valence-electron chi connectivity index (χ2n) is 6.59. The Morgan fingerprint density at radius 3 is 2.65 bits per heavy atom. The molecule has 1 aliphatic heterocycles. The van der Waals surface area contributed by atoms with Gasteiger partial charge in [0, 0.05) is 61.2 Å². The first kappa shape index (κ1) is 16.6. The van der Waals surface area contributed by atoms with Crippen LogP contribution in [0.1, 0.15) is 10.4 Å². The summed E-state index contributed by atoms with van der Waals surface area (Å²) in [6.45, 7) is 3.23. The molecule has 0 bridgehead atoms. The standard InChI is InChI=1S/C20H19FN4O/c1-24-6-8-25(9-7-24)20(26)15-4-5-22-18(11-15)16-10-14-2-3-17(21)12-19(14)23-13-16/h2-5,10-13H,6-9H2,1H3. The third-order valence-corrected chi connectivity index (χ3v) is 4.74. The smallest absolute Gasteiger partial charge is 0.254 e. The number of halogens is 1. The van der Waals surface area contributed by atoms with E-state index in [4.69, 9.17) is 0 Å². The second kappa shape index (κ2) is 6.80. The van der Waals surface area contributed by atoms with Crippen LogP contribution in [0, 0.1) is 5.82 Å². The molecule has 3 aromatic rings. The Balaban J connectivity index is 1.63. The fourth-order valence-electron chi connectivity index (χ4n) is 3.15. The van der Waals surface area contributed by atoms with Crippen LogP contribution in [0.15, 0.2) is 48.8 Å². The predicted molar refractivity (Wildman–Crippen MR) is 98.3 cm³/mol. The highest BCUT2D eigenvalue weighted by Crippen LogP contribution is 2.23. The van der Waals surface area contributed by atoms with E-state index in [1.54, 1.807) is 30.6 Å². The molecular formula is C20H19FN4O. The summed E-state index contributed by atoms with van der Waals surface area (Å²) in [5, 5.41) is 0.835. The predicted octanol–water partition coefficient (Wildman–Crippen LogP) is 2.82. The Hall–Kier alpha value is -2.86. The average molecular weight is 350 g/mol. The molecule has 1 fully saturated rings. The number of carbonyl (C=O) groups excluding carboxylic acids is 1. The van der Waals surface area contributed by atoms with E-state index in [2.05, 4.69) is 21.9 Å². The van der Waals surface area contributed by atoms with Crippen LogP contribution in [0.3, 0.4) is 0 Å². The van der Waals surface area contributed by atoms with E-state index in [1.807, 2.05) is 11.0 Å². The van der Waals surface area contributed by atoms with Crippen LogP contribution >= 0.6 is 0 Å². The number of aromatic nitrogens is 2. The van der Waals surface area contributed by atoms with Crippen molar-refractivity contribution in [1.82, 2.24) is 19.8 Å². The molecule has 1 aromatic carbocycles. The van der Waals surface area contributed by atoms with Crippen molar-refractivity contribution in [3.05, 3.63) is 60.2 Å². The number of nitrogens with zero attached hydrogens (tertiary/aromatic N) is 4. The van der Waals surface area contributed by atoms with Crippen LogP contribution in [0.5, 0.6) is 0 Å². The fraction of sp³-hybridized carbons (Fsp3) is 0.250. The zero-order valence-electron chi connectivity index (χ0n) is 14.5. The normalized spacial score (nSPS) is 15.4. The molecule has 4 rings (SSSR count). The fourth-order valence-corrected chi connectivity index (χ4v) is 3.15. The van der Waals surface area contributed by atoms with Crippen molar-refractivity contribution < 1.29 is 9.18 Å². The first-order valence-corrected chi connectivity index (χ1v) is 8.60. The van der Waals surface area contributed by atoms with Gasteiger partial charge in [-0.1, -0.05) is 0 Å². The lowest BCUT2D eigenvalue weighted by atomic mass is 10.1. The largest absolute Gasteiger partial charge is 0.336 e. The first-order chi connectivity index (χ1) is 12.6. The van der Waals surface area contributed by atoms with Gasteiger partial charge in [0.1, 0.15) is 5.82 Å². The minimum absolute atomic E-state index is 0.0255. The lowest BCUT2D eigenvalue weighted by molar-refractivity contribution is 0.0664. The zero-order chi connectivity index (χ0) is 18.1. The maximum atomic E-state index is 13.3. The molecule has 3 heterocycles. The van der Waals surface area contributed by atoms with Crippen LogP contribution in [-0.2, 0) is 0 Å². The highest BCUT2D eigenvalue weighted by Gasteiger charge is 2.20. The van der Waals surface area contributed by atoms with Crippen molar-refractivity contribution in [2.24, 2.45) is 0 Å². The lowest BCUT2D eigenvalue weighted by Gasteiger charge is -2.32. The van der Waals surface area contributed by atoms with Crippen molar-refractivity contribution in [2.75, 3.05) is 33.2 Å². The van der Waals surface area contributed by atoms with E-state index in [0.717, 1.165) is 37.1 Å². The van der Waals surface area contributed by atoms with E-state index >= 15 is 0 Å². The molecule has 1 amide bonds. The number of amides is 1. The third-order valence-electron chi connectivity index (χ3n) is 4.74. The van der Waals surface area contributed by atoms with Crippen molar-refractivity contribution in [3.63, 3.8) is 0 Å². The van der Waals surface area contributed by atoms with Gasteiger partial charge >= 0.3 is 0 Å². The number of hydrogen-bond acceptors (Lipinski definition) is 4. The Bertz CT molecular complexity index is 967. The summed E-state index contributed by atoms with van der Waals surface area (Å²) in [6, 6.07) is 9.96. The molecular weight excluding hydrogens is 331 g/mol. The zero-order valence-corrected chi connectivity index (χ0v) is 14.5. The Morgan fingerprint density at radius 2 is 1.85 bits per heavy atom. The maximum absolute atomic E-state index is 13.3. The molecule has 0 spiro atoms. The van der Waals surface area contributed by atoms with Gasteiger partial charge in [-0.15, -0.1) is 0 Å².